The molecule has 0 aliphatic carbocycles. The first-order valence-electron chi connectivity index (χ1n) is 5.85. The first kappa shape index (κ1) is 11.8. The van der Waals surface area contributed by atoms with Gasteiger partial charge >= 0.3 is 0 Å². The lowest BCUT2D eigenvalue weighted by Crippen LogP contribution is -2.25. The highest BCUT2D eigenvalue weighted by Crippen LogP contribution is 2.30. The molecule has 2 rings (SSSR count). The van der Waals surface area contributed by atoms with Crippen LogP contribution in [0.5, 0.6) is 0 Å². The largest absolute Gasteiger partial charge is 0.374 e. The first-order chi connectivity index (χ1) is 7.55. The quantitative estimate of drug-likeness (QED) is 0.860. The van der Waals surface area contributed by atoms with Gasteiger partial charge in [0, 0.05) is 0 Å². The molecule has 0 atom stereocenters. The van der Waals surface area contributed by atoms with Crippen molar-refractivity contribution in [2.45, 2.75) is 39.7 Å². The smallest absolute Gasteiger partial charge is 0.203 e. The number of hydrogen-bond acceptors (Lipinski definition) is 5. The summed E-state index contributed by atoms with van der Waals surface area (Å²) < 4.78 is 0. The van der Waals surface area contributed by atoms with E-state index in [1.165, 1.54) is 37.1 Å². The zero-order valence-electron chi connectivity index (χ0n) is 10.1. The summed E-state index contributed by atoms with van der Waals surface area (Å²) in [5.41, 5.74) is 6.08. The van der Waals surface area contributed by atoms with E-state index in [0.29, 0.717) is 10.5 Å². The second kappa shape index (κ2) is 4.67. The van der Waals surface area contributed by atoms with Crippen LogP contribution >= 0.6 is 11.3 Å². The minimum Gasteiger partial charge on any atom is -0.374 e. The molecule has 16 heavy (non-hydrogen) atoms. The number of aromatic nitrogens is 2. The van der Waals surface area contributed by atoms with Gasteiger partial charge in [-0.1, -0.05) is 25.2 Å². The molecule has 0 bridgehead atoms. The number of nitrogens with zero attached hydrogens (tertiary/aromatic N) is 3. The molecule has 5 heteroatoms. The fraction of sp³-hybridized carbons (Fsp3) is 0.818. The summed E-state index contributed by atoms with van der Waals surface area (Å²) in [6.07, 6.45) is 3.87. The number of nitrogens with two attached hydrogens (primary N) is 1. The van der Waals surface area contributed by atoms with Crippen LogP contribution in [-0.2, 0) is 6.54 Å². The molecule has 1 fully saturated rings. The van der Waals surface area contributed by atoms with Crippen LogP contribution in [0.15, 0.2) is 0 Å². The van der Waals surface area contributed by atoms with Crippen LogP contribution in [-0.4, -0.2) is 28.2 Å². The lowest BCUT2D eigenvalue weighted by molar-refractivity contribution is 0.255. The van der Waals surface area contributed by atoms with Gasteiger partial charge in [0.25, 0.3) is 0 Å². The summed E-state index contributed by atoms with van der Waals surface area (Å²) in [6, 6.07) is 0. The van der Waals surface area contributed by atoms with Crippen LogP contribution in [0.25, 0.3) is 0 Å². The van der Waals surface area contributed by atoms with Gasteiger partial charge in [-0.05, 0) is 37.8 Å². The molecule has 4 nitrogen and oxygen atoms in total. The van der Waals surface area contributed by atoms with Gasteiger partial charge in [0.1, 0.15) is 5.01 Å². The maximum absolute atomic E-state index is 5.58. The van der Waals surface area contributed by atoms with E-state index in [4.69, 9.17) is 5.73 Å². The van der Waals surface area contributed by atoms with E-state index in [-0.39, 0.29) is 0 Å². The fourth-order valence-electron chi connectivity index (χ4n) is 2.16. The van der Waals surface area contributed by atoms with Gasteiger partial charge in [0.2, 0.25) is 5.13 Å². The Morgan fingerprint density at radius 1 is 1.31 bits per heavy atom. The topological polar surface area (TPSA) is 55.0 Å². The van der Waals surface area contributed by atoms with E-state index in [1.54, 1.807) is 0 Å². The summed E-state index contributed by atoms with van der Waals surface area (Å²) in [7, 11) is 0. The SMILES string of the molecule is CC1(C)CCCN(Cc2nnc(N)s2)CC1. The molecule has 1 aromatic heterocycles. The Balaban J connectivity index is 1.91. The first-order valence-corrected chi connectivity index (χ1v) is 6.67. The molecular weight excluding hydrogens is 220 g/mol. The zero-order valence-corrected chi connectivity index (χ0v) is 10.9. The highest BCUT2D eigenvalue weighted by atomic mass is 32.1. The standard InChI is InChI=1S/C11H20N4S/c1-11(2)4-3-6-15(7-5-11)8-9-13-14-10(12)16-9/h3-8H2,1-2H3,(H2,12,14). The number of anilines is 1. The van der Waals surface area contributed by atoms with Crippen LogP contribution in [0.4, 0.5) is 5.13 Å². The molecular formula is C11H20N4S. The van der Waals surface area contributed by atoms with Crippen LogP contribution in [0.3, 0.4) is 0 Å². The Kier molecular flexibility index (Phi) is 3.44. The molecule has 2 N–H and O–H groups in total. The lowest BCUT2D eigenvalue weighted by atomic mass is 9.85. The third-order valence-electron chi connectivity index (χ3n) is 3.27. The number of nitrogen functional groups attached to an aromatic ring is 1. The van der Waals surface area contributed by atoms with Gasteiger partial charge in [0.15, 0.2) is 0 Å². The molecule has 1 aliphatic rings. The molecule has 1 aliphatic heterocycles. The van der Waals surface area contributed by atoms with Crippen molar-refractivity contribution >= 4 is 16.5 Å². The normalized spacial score (nSPS) is 21.9. The van der Waals surface area contributed by atoms with Gasteiger partial charge in [0.05, 0.1) is 6.54 Å². The summed E-state index contributed by atoms with van der Waals surface area (Å²) in [5.74, 6) is 0. The van der Waals surface area contributed by atoms with Crippen molar-refractivity contribution in [3.05, 3.63) is 5.01 Å². The Hall–Kier alpha value is -0.680. The van der Waals surface area contributed by atoms with E-state index in [9.17, 15) is 0 Å². The van der Waals surface area contributed by atoms with Crippen molar-refractivity contribution < 1.29 is 0 Å². The molecule has 0 spiro atoms. The minimum absolute atomic E-state index is 0.495. The Morgan fingerprint density at radius 2 is 2.12 bits per heavy atom. The van der Waals surface area contributed by atoms with Crippen molar-refractivity contribution in [1.29, 1.82) is 0 Å². The molecule has 2 heterocycles. The molecule has 0 amide bonds. The molecule has 1 aromatic rings. The maximum Gasteiger partial charge on any atom is 0.203 e. The van der Waals surface area contributed by atoms with Gasteiger partial charge in [-0.15, -0.1) is 10.2 Å². The summed E-state index contributed by atoms with van der Waals surface area (Å²) in [5, 5.41) is 9.55. The molecule has 0 radical (unpaired) electrons. The summed E-state index contributed by atoms with van der Waals surface area (Å²) in [4.78, 5) is 2.47. The molecule has 90 valence electrons. The van der Waals surface area contributed by atoms with Crippen molar-refractivity contribution in [2.75, 3.05) is 18.8 Å². The Bertz CT molecular complexity index is 348. The highest BCUT2D eigenvalue weighted by molar-refractivity contribution is 7.15. The van der Waals surface area contributed by atoms with Crippen molar-refractivity contribution in [3.63, 3.8) is 0 Å². The Morgan fingerprint density at radius 3 is 2.81 bits per heavy atom. The third kappa shape index (κ3) is 3.15. The monoisotopic (exact) mass is 240 g/mol. The fourth-order valence-corrected chi connectivity index (χ4v) is 2.81. The molecule has 0 unspecified atom stereocenters. The summed E-state index contributed by atoms with van der Waals surface area (Å²) >= 11 is 1.50. The van der Waals surface area contributed by atoms with Gasteiger partial charge < -0.3 is 5.73 Å². The van der Waals surface area contributed by atoms with Crippen LogP contribution in [0.2, 0.25) is 0 Å². The van der Waals surface area contributed by atoms with Gasteiger partial charge in [-0.25, -0.2) is 0 Å². The van der Waals surface area contributed by atoms with Gasteiger partial charge in [-0.3, -0.25) is 4.90 Å². The van der Waals surface area contributed by atoms with E-state index < -0.39 is 0 Å². The van der Waals surface area contributed by atoms with Crippen LogP contribution < -0.4 is 5.73 Å². The second-order valence-corrected chi connectivity index (χ2v) is 6.42. The molecule has 1 saturated heterocycles. The molecule has 0 aromatic carbocycles. The highest BCUT2D eigenvalue weighted by Gasteiger charge is 2.23. The lowest BCUT2D eigenvalue weighted by Gasteiger charge is -2.22. The number of likely N-dealkylation sites (tertiary alicyclic amines) is 1. The van der Waals surface area contributed by atoms with E-state index >= 15 is 0 Å². The predicted molar refractivity (Wildman–Crippen MR) is 67.2 cm³/mol. The van der Waals surface area contributed by atoms with Crippen LogP contribution in [0.1, 0.15) is 38.1 Å². The maximum atomic E-state index is 5.58. The average molecular weight is 240 g/mol. The van der Waals surface area contributed by atoms with Crippen molar-refractivity contribution in [2.24, 2.45) is 5.41 Å². The predicted octanol–water partition coefficient (Wildman–Crippen LogP) is 2.13. The van der Waals surface area contributed by atoms with E-state index in [0.717, 1.165) is 18.1 Å². The van der Waals surface area contributed by atoms with E-state index in [2.05, 4.69) is 28.9 Å². The van der Waals surface area contributed by atoms with E-state index in [1.807, 2.05) is 0 Å². The third-order valence-corrected chi connectivity index (χ3v) is 4.01. The van der Waals surface area contributed by atoms with Crippen molar-refractivity contribution in [1.82, 2.24) is 15.1 Å². The zero-order chi connectivity index (χ0) is 11.6. The van der Waals surface area contributed by atoms with Crippen molar-refractivity contribution in [3.8, 4) is 0 Å². The summed E-state index contributed by atoms with van der Waals surface area (Å²) in [6.45, 7) is 7.96. The minimum atomic E-state index is 0.495. The number of hydrogen-bond donors (Lipinski definition) is 1. The average Bonchev–Trinajstić information content (AvgIpc) is 2.52. The van der Waals surface area contributed by atoms with Crippen LogP contribution in [0, 0.1) is 5.41 Å². The van der Waals surface area contributed by atoms with Gasteiger partial charge in [-0.2, -0.15) is 0 Å². The Labute approximate surface area is 101 Å². The number of rotatable bonds is 2. The second-order valence-electron chi connectivity index (χ2n) is 5.33. The molecule has 0 saturated carbocycles.